The molecule has 3 aromatic carbocycles. The van der Waals surface area contributed by atoms with Crippen molar-refractivity contribution in [3.63, 3.8) is 0 Å². The SMILES string of the molecule is CCOc1ccc(N2C(=O)C[C@H](Nc3ccc4ccccc4c3)C2=O)cc1. The van der Waals surface area contributed by atoms with E-state index in [0.717, 1.165) is 16.5 Å². The van der Waals surface area contributed by atoms with E-state index in [1.165, 1.54) is 4.90 Å². The van der Waals surface area contributed by atoms with Crippen molar-refractivity contribution in [3.05, 3.63) is 66.7 Å². The normalized spacial score (nSPS) is 16.8. The minimum Gasteiger partial charge on any atom is -0.494 e. The largest absolute Gasteiger partial charge is 0.494 e. The van der Waals surface area contributed by atoms with Gasteiger partial charge < -0.3 is 10.1 Å². The number of anilines is 2. The zero-order valence-corrected chi connectivity index (χ0v) is 15.0. The molecule has 27 heavy (non-hydrogen) atoms. The fourth-order valence-corrected chi connectivity index (χ4v) is 3.35. The van der Waals surface area contributed by atoms with Crippen LogP contribution >= 0.6 is 0 Å². The van der Waals surface area contributed by atoms with Gasteiger partial charge >= 0.3 is 0 Å². The van der Waals surface area contributed by atoms with Crippen LogP contribution in [0.25, 0.3) is 10.8 Å². The highest BCUT2D eigenvalue weighted by Gasteiger charge is 2.39. The van der Waals surface area contributed by atoms with Gasteiger partial charge in [0, 0.05) is 5.69 Å². The quantitative estimate of drug-likeness (QED) is 0.699. The van der Waals surface area contributed by atoms with Gasteiger partial charge in [0.05, 0.1) is 18.7 Å². The number of fused-ring (bicyclic) bond motifs is 1. The number of amides is 2. The van der Waals surface area contributed by atoms with Crippen molar-refractivity contribution < 1.29 is 14.3 Å². The van der Waals surface area contributed by atoms with Gasteiger partial charge in [-0.25, -0.2) is 4.90 Å². The lowest BCUT2D eigenvalue weighted by Gasteiger charge is -2.17. The van der Waals surface area contributed by atoms with Crippen LogP contribution in [0.1, 0.15) is 13.3 Å². The minimum absolute atomic E-state index is 0.138. The third-order valence-corrected chi connectivity index (χ3v) is 4.64. The maximum Gasteiger partial charge on any atom is 0.256 e. The van der Waals surface area contributed by atoms with Crippen molar-refractivity contribution in [3.8, 4) is 5.75 Å². The third kappa shape index (κ3) is 3.36. The number of carbonyl (C=O) groups is 2. The molecule has 136 valence electrons. The number of hydrogen-bond donors (Lipinski definition) is 1. The number of benzene rings is 3. The van der Waals surface area contributed by atoms with E-state index in [1.807, 2.05) is 49.4 Å². The number of nitrogens with zero attached hydrogens (tertiary/aromatic N) is 1. The first-order valence-corrected chi connectivity index (χ1v) is 9.00. The molecular weight excluding hydrogens is 340 g/mol. The monoisotopic (exact) mass is 360 g/mol. The summed E-state index contributed by atoms with van der Waals surface area (Å²) in [5, 5.41) is 5.43. The molecule has 1 aliphatic rings. The molecule has 4 rings (SSSR count). The molecule has 1 fully saturated rings. The third-order valence-electron chi connectivity index (χ3n) is 4.64. The van der Waals surface area contributed by atoms with Gasteiger partial charge in [-0.3, -0.25) is 9.59 Å². The Kier molecular flexibility index (Phi) is 4.50. The van der Waals surface area contributed by atoms with Gasteiger partial charge in [-0.05, 0) is 54.1 Å². The molecule has 5 nitrogen and oxygen atoms in total. The summed E-state index contributed by atoms with van der Waals surface area (Å²) in [6.45, 7) is 2.48. The van der Waals surface area contributed by atoms with Crippen LogP contribution in [0.15, 0.2) is 66.7 Å². The zero-order chi connectivity index (χ0) is 18.8. The Morgan fingerprint density at radius 3 is 2.48 bits per heavy atom. The van der Waals surface area contributed by atoms with Crippen LogP contribution in [0, 0.1) is 0 Å². The predicted octanol–water partition coefficient (Wildman–Crippen LogP) is 3.98. The van der Waals surface area contributed by atoms with Crippen LogP contribution in [-0.4, -0.2) is 24.5 Å². The van der Waals surface area contributed by atoms with E-state index >= 15 is 0 Å². The Hall–Kier alpha value is -3.34. The molecule has 5 heteroatoms. The first-order valence-electron chi connectivity index (χ1n) is 9.00. The fraction of sp³-hybridized carbons (Fsp3) is 0.182. The second-order valence-electron chi connectivity index (χ2n) is 6.46. The molecule has 0 spiro atoms. The van der Waals surface area contributed by atoms with Gasteiger partial charge in [0.2, 0.25) is 5.91 Å². The lowest BCUT2D eigenvalue weighted by atomic mass is 10.1. The molecule has 3 aromatic rings. The van der Waals surface area contributed by atoms with Crippen LogP contribution in [0.5, 0.6) is 5.75 Å². The van der Waals surface area contributed by atoms with Gasteiger partial charge in [-0.1, -0.05) is 30.3 Å². The van der Waals surface area contributed by atoms with E-state index in [1.54, 1.807) is 24.3 Å². The van der Waals surface area contributed by atoms with Crippen LogP contribution in [0.3, 0.4) is 0 Å². The Balaban J connectivity index is 1.53. The molecule has 1 N–H and O–H groups in total. The van der Waals surface area contributed by atoms with E-state index in [2.05, 4.69) is 5.32 Å². The number of ether oxygens (including phenoxy) is 1. The standard InChI is InChI=1S/C22H20N2O3/c1-2-27-19-11-9-18(10-12-19)24-21(25)14-20(22(24)26)23-17-8-7-15-5-3-4-6-16(15)13-17/h3-13,20,23H,2,14H2,1H3/t20-/m0/s1. The Bertz CT molecular complexity index is 998. The zero-order valence-electron chi connectivity index (χ0n) is 15.0. The van der Waals surface area contributed by atoms with Crippen LogP contribution in [0.2, 0.25) is 0 Å². The summed E-state index contributed by atoms with van der Waals surface area (Å²) in [6.07, 6.45) is 0.138. The molecule has 0 unspecified atom stereocenters. The number of rotatable bonds is 5. The maximum absolute atomic E-state index is 12.8. The molecular formula is C22H20N2O3. The molecule has 0 bridgehead atoms. The molecule has 0 radical (unpaired) electrons. The average Bonchev–Trinajstić information content (AvgIpc) is 2.96. The highest BCUT2D eigenvalue weighted by Crippen LogP contribution is 2.27. The van der Waals surface area contributed by atoms with Gasteiger partial charge in [0.1, 0.15) is 11.8 Å². The van der Waals surface area contributed by atoms with Gasteiger partial charge in [-0.15, -0.1) is 0 Å². The first kappa shape index (κ1) is 17.1. The van der Waals surface area contributed by atoms with Crippen molar-refractivity contribution in [1.29, 1.82) is 0 Å². The summed E-state index contributed by atoms with van der Waals surface area (Å²) in [5.41, 5.74) is 1.39. The minimum atomic E-state index is -0.565. The van der Waals surface area contributed by atoms with Crippen molar-refractivity contribution in [2.24, 2.45) is 0 Å². The fourth-order valence-electron chi connectivity index (χ4n) is 3.35. The Morgan fingerprint density at radius 1 is 1.00 bits per heavy atom. The molecule has 2 amide bonds. The summed E-state index contributed by atoms with van der Waals surface area (Å²) < 4.78 is 5.41. The highest BCUT2D eigenvalue weighted by atomic mass is 16.5. The summed E-state index contributed by atoms with van der Waals surface area (Å²) >= 11 is 0. The van der Waals surface area contributed by atoms with Crippen LogP contribution in [-0.2, 0) is 9.59 Å². The first-order chi connectivity index (χ1) is 13.2. The van der Waals surface area contributed by atoms with Crippen molar-refractivity contribution in [1.82, 2.24) is 0 Å². The second kappa shape index (κ2) is 7.11. The number of carbonyl (C=O) groups excluding carboxylic acids is 2. The van der Waals surface area contributed by atoms with Crippen molar-refractivity contribution in [2.45, 2.75) is 19.4 Å². The predicted molar refractivity (Wildman–Crippen MR) is 106 cm³/mol. The topological polar surface area (TPSA) is 58.6 Å². The smallest absolute Gasteiger partial charge is 0.256 e. The second-order valence-corrected chi connectivity index (χ2v) is 6.46. The van der Waals surface area contributed by atoms with E-state index in [0.29, 0.717) is 18.0 Å². The van der Waals surface area contributed by atoms with E-state index < -0.39 is 6.04 Å². The van der Waals surface area contributed by atoms with Gasteiger partial charge in [0.25, 0.3) is 5.91 Å². The highest BCUT2D eigenvalue weighted by molar-refractivity contribution is 6.23. The van der Waals surface area contributed by atoms with E-state index in [4.69, 9.17) is 4.74 Å². The summed E-state index contributed by atoms with van der Waals surface area (Å²) in [7, 11) is 0. The molecule has 1 aliphatic heterocycles. The maximum atomic E-state index is 12.8. The number of imide groups is 1. The van der Waals surface area contributed by atoms with Crippen molar-refractivity contribution >= 4 is 34.0 Å². The number of hydrogen-bond acceptors (Lipinski definition) is 4. The number of nitrogens with one attached hydrogen (secondary N) is 1. The lowest BCUT2D eigenvalue weighted by molar-refractivity contribution is -0.121. The van der Waals surface area contributed by atoms with E-state index in [-0.39, 0.29) is 18.2 Å². The molecule has 0 aromatic heterocycles. The Morgan fingerprint density at radius 2 is 1.74 bits per heavy atom. The summed E-state index contributed by atoms with van der Waals surface area (Å²) in [4.78, 5) is 26.5. The van der Waals surface area contributed by atoms with Gasteiger partial charge in [-0.2, -0.15) is 0 Å². The van der Waals surface area contributed by atoms with Crippen LogP contribution < -0.4 is 15.0 Å². The summed E-state index contributed by atoms with van der Waals surface area (Å²) in [6, 6.07) is 20.4. The molecule has 0 aliphatic carbocycles. The Labute approximate surface area is 157 Å². The molecule has 1 atom stereocenters. The van der Waals surface area contributed by atoms with Gasteiger partial charge in [0.15, 0.2) is 0 Å². The summed E-state index contributed by atoms with van der Waals surface area (Å²) in [5.74, 6) is 0.269. The van der Waals surface area contributed by atoms with E-state index in [9.17, 15) is 9.59 Å². The average molecular weight is 360 g/mol. The molecule has 1 heterocycles. The van der Waals surface area contributed by atoms with Crippen molar-refractivity contribution in [2.75, 3.05) is 16.8 Å². The lowest BCUT2D eigenvalue weighted by Crippen LogP contribution is -2.34. The molecule has 1 saturated heterocycles. The van der Waals surface area contributed by atoms with Crippen LogP contribution in [0.4, 0.5) is 11.4 Å². The molecule has 0 saturated carbocycles.